The monoisotopic (exact) mass is 415 g/mol. The van der Waals surface area contributed by atoms with Gasteiger partial charge in [-0.05, 0) is 39.7 Å². The van der Waals surface area contributed by atoms with Gasteiger partial charge in [-0.25, -0.2) is 0 Å². The van der Waals surface area contributed by atoms with Crippen LogP contribution in [0.2, 0.25) is 6.82 Å². The molecule has 0 unspecified atom stereocenters. The molecule has 1 heterocycles. The summed E-state index contributed by atoms with van der Waals surface area (Å²) in [6.07, 6.45) is 1.82. The standard InChI is InChI=1S/C12H9BBr3N/c1-13(16)11-6-8(14)2-4-10(11)12-5-3-9(15)7-17-12/h2-7H,1H3. The van der Waals surface area contributed by atoms with Crippen LogP contribution >= 0.6 is 47.6 Å². The van der Waals surface area contributed by atoms with E-state index in [1.54, 1.807) is 0 Å². The minimum absolute atomic E-state index is 0.292. The zero-order chi connectivity index (χ0) is 12.4. The van der Waals surface area contributed by atoms with E-state index in [1.807, 2.05) is 24.4 Å². The Kier molecular flexibility index (Phi) is 4.44. The summed E-state index contributed by atoms with van der Waals surface area (Å²) in [5, 5.41) is 0. The van der Waals surface area contributed by atoms with Crippen molar-refractivity contribution in [3.8, 4) is 11.3 Å². The second-order valence-corrected chi connectivity index (χ2v) is 6.91. The average molecular weight is 418 g/mol. The fraction of sp³-hybridized carbons (Fsp3) is 0.0833. The molecular weight excluding hydrogens is 409 g/mol. The average Bonchev–Trinajstić information content (AvgIpc) is 2.30. The molecule has 0 atom stereocenters. The highest BCUT2D eigenvalue weighted by molar-refractivity contribution is 9.25. The fourth-order valence-corrected chi connectivity index (χ4v) is 2.62. The molecule has 0 saturated carbocycles. The Balaban J connectivity index is 2.54. The van der Waals surface area contributed by atoms with Gasteiger partial charge in [0, 0.05) is 15.1 Å². The molecule has 17 heavy (non-hydrogen) atoms. The number of aromatic nitrogens is 1. The maximum absolute atomic E-state index is 4.44. The van der Waals surface area contributed by atoms with Crippen LogP contribution in [-0.2, 0) is 0 Å². The van der Waals surface area contributed by atoms with Gasteiger partial charge in [0.15, 0.2) is 0 Å². The van der Waals surface area contributed by atoms with Crippen LogP contribution < -0.4 is 5.46 Å². The highest BCUT2D eigenvalue weighted by Crippen LogP contribution is 2.21. The second kappa shape index (κ2) is 5.68. The lowest BCUT2D eigenvalue weighted by molar-refractivity contribution is 1.31. The van der Waals surface area contributed by atoms with E-state index in [0.717, 1.165) is 20.2 Å². The molecule has 1 aromatic carbocycles. The molecule has 0 aliphatic carbocycles. The summed E-state index contributed by atoms with van der Waals surface area (Å²) in [6.45, 7) is 2.12. The minimum atomic E-state index is 0.292. The highest BCUT2D eigenvalue weighted by atomic mass is 79.9. The van der Waals surface area contributed by atoms with Gasteiger partial charge < -0.3 is 0 Å². The molecule has 0 fully saturated rings. The Morgan fingerprint density at radius 1 is 1.06 bits per heavy atom. The Hall–Kier alpha value is -0.125. The van der Waals surface area contributed by atoms with Crippen LogP contribution in [0, 0.1) is 0 Å². The van der Waals surface area contributed by atoms with E-state index in [9.17, 15) is 0 Å². The number of pyridine rings is 1. The molecule has 0 N–H and O–H groups in total. The summed E-state index contributed by atoms with van der Waals surface area (Å²) in [5.74, 6) is 0. The Labute approximate surface area is 126 Å². The molecule has 0 spiro atoms. The molecule has 1 nitrogen and oxygen atoms in total. The quantitative estimate of drug-likeness (QED) is 0.656. The van der Waals surface area contributed by atoms with E-state index in [1.165, 1.54) is 5.46 Å². The third-order valence-electron chi connectivity index (χ3n) is 2.45. The van der Waals surface area contributed by atoms with Crippen LogP contribution in [0.4, 0.5) is 0 Å². The molecule has 0 saturated heterocycles. The maximum atomic E-state index is 4.44. The highest BCUT2D eigenvalue weighted by Gasteiger charge is 2.13. The van der Waals surface area contributed by atoms with Crippen LogP contribution in [0.3, 0.4) is 0 Å². The van der Waals surface area contributed by atoms with Crippen LogP contribution in [0.5, 0.6) is 0 Å². The van der Waals surface area contributed by atoms with Crippen molar-refractivity contribution in [2.45, 2.75) is 6.82 Å². The fourth-order valence-electron chi connectivity index (χ4n) is 1.63. The van der Waals surface area contributed by atoms with Gasteiger partial charge in [-0.3, -0.25) is 4.98 Å². The molecule has 2 rings (SSSR count). The second-order valence-electron chi connectivity index (χ2n) is 3.71. The Morgan fingerprint density at radius 2 is 1.76 bits per heavy atom. The number of hydrogen-bond acceptors (Lipinski definition) is 1. The molecule has 0 aliphatic heterocycles. The van der Waals surface area contributed by atoms with Crippen molar-refractivity contribution in [3.63, 3.8) is 0 Å². The van der Waals surface area contributed by atoms with E-state index >= 15 is 0 Å². The van der Waals surface area contributed by atoms with Crippen LogP contribution in [0.15, 0.2) is 45.5 Å². The number of nitrogens with zero attached hydrogens (tertiary/aromatic N) is 1. The van der Waals surface area contributed by atoms with Gasteiger partial charge in [0.25, 0.3) is 5.54 Å². The number of rotatable bonds is 2. The molecule has 86 valence electrons. The van der Waals surface area contributed by atoms with Crippen LogP contribution in [0.25, 0.3) is 11.3 Å². The molecule has 0 amide bonds. The molecule has 1 aromatic heterocycles. The van der Waals surface area contributed by atoms with E-state index in [2.05, 4.69) is 71.6 Å². The predicted molar refractivity (Wildman–Crippen MR) is 85.3 cm³/mol. The van der Waals surface area contributed by atoms with Crippen LogP contribution in [0.1, 0.15) is 0 Å². The Bertz CT molecular complexity index is 526. The minimum Gasteiger partial charge on any atom is -0.255 e. The van der Waals surface area contributed by atoms with Crippen molar-refractivity contribution in [1.29, 1.82) is 0 Å². The molecule has 0 aliphatic rings. The Morgan fingerprint density at radius 3 is 2.35 bits per heavy atom. The van der Waals surface area contributed by atoms with Crippen molar-refractivity contribution in [3.05, 3.63) is 45.5 Å². The van der Waals surface area contributed by atoms with E-state index < -0.39 is 0 Å². The molecular formula is C12H9BBr3N. The first-order valence-electron chi connectivity index (χ1n) is 5.13. The van der Waals surface area contributed by atoms with Gasteiger partial charge in [-0.2, -0.15) is 15.8 Å². The zero-order valence-corrected chi connectivity index (χ0v) is 13.9. The summed E-state index contributed by atoms with van der Waals surface area (Å²) in [7, 11) is 0. The predicted octanol–water partition coefficient (Wildman–Crippen LogP) is 4.50. The van der Waals surface area contributed by atoms with Crippen molar-refractivity contribution in [2.75, 3.05) is 0 Å². The van der Waals surface area contributed by atoms with Gasteiger partial charge in [0.1, 0.15) is 0 Å². The molecule has 0 radical (unpaired) electrons. The summed E-state index contributed by atoms with van der Waals surface area (Å²) in [4.78, 5) is 4.44. The number of halogens is 3. The summed E-state index contributed by atoms with van der Waals surface area (Å²) >= 11 is 10.5. The first kappa shape index (κ1) is 13.3. The summed E-state index contributed by atoms with van der Waals surface area (Å²) in [5.41, 5.74) is 3.67. The third kappa shape index (κ3) is 3.21. The van der Waals surface area contributed by atoms with Crippen molar-refractivity contribution in [1.82, 2.24) is 4.98 Å². The van der Waals surface area contributed by atoms with Gasteiger partial charge in [0.05, 0.1) is 5.69 Å². The SMILES string of the molecule is CB(Br)c1cc(Br)ccc1-c1ccc(Br)cn1. The number of hydrogen-bond donors (Lipinski definition) is 0. The molecule has 2 aromatic rings. The summed E-state index contributed by atoms with van der Waals surface area (Å²) < 4.78 is 2.08. The van der Waals surface area contributed by atoms with Gasteiger partial charge in [-0.15, -0.1) is 0 Å². The van der Waals surface area contributed by atoms with Gasteiger partial charge in [0.2, 0.25) is 0 Å². The first-order valence-corrected chi connectivity index (χ1v) is 7.63. The van der Waals surface area contributed by atoms with Crippen molar-refractivity contribution in [2.24, 2.45) is 0 Å². The van der Waals surface area contributed by atoms with E-state index in [-0.39, 0.29) is 0 Å². The van der Waals surface area contributed by atoms with Crippen molar-refractivity contribution >= 4 is 58.6 Å². The third-order valence-corrected chi connectivity index (χ3v) is 3.90. The van der Waals surface area contributed by atoms with Gasteiger partial charge >= 0.3 is 0 Å². The normalized spacial score (nSPS) is 10.4. The lowest BCUT2D eigenvalue weighted by Crippen LogP contribution is -2.22. The van der Waals surface area contributed by atoms with E-state index in [4.69, 9.17) is 0 Å². The zero-order valence-electron chi connectivity index (χ0n) is 9.12. The summed E-state index contributed by atoms with van der Waals surface area (Å²) in [6, 6.07) is 10.3. The lowest BCUT2D eigenvalue weighted by atomic mass is 9.70. The van der Waals surface area contributed by atoms with Gasteiger partial charge in [-0.1, -0.05) is 40.3 Å². The maximum Gasteiger partial charge on any atom is 0.252 e. The first-order chi connectivity index (χ1) is 8.08. The van der Waals surface area contributed by atoms with Crippen LogP contribution in [-0.4, -0.2) is 10.5 Å². The van der Waals surface area contributed by atoms with E-state index in [0.29, 0.717) is 5.54 Å². The lowest BCUT2D eigenvalue weighted by Gasteiger charge is -2.10. The topological polar surface area (TPSA) is 12.9 Å². The molecule has 5 heteroatoms. The molecule has 0 bridgehead atoms. The van der Waals surface area contributed by atoms with Crippen molar-refractivity contribution < 1.29 is 0 Å². The smallest absolute Gasteiger partial charge is 0.252 e. The number of benzene rings is 1. The largest absolute Gasteiger partial charge is 0.255 e.